The van der Waals surface area contributed by atoms with E-state index in [1.807, 2.05) is 31.3 Å². The van der Waals surface area contributed by atoms with Crippen molar-refractivity contribution < 1.29 is 9.21 Å². The van der Waals surface area contributed by atoms with Gasteiger partial charge in [-0.1, -0.05) is 0 Å². The number of aromatic amines is 1. The number of aliphatic imine (C=N–C) groups is 2. The molecule has 4 rings (SSSR count). The first kappa shape index (κ1) is 19.2. The molecule has 2 aromatic heterocycles. The van der Waals surface area contributed by atoms with E-state index >= 15 is 0 Å². The number of hydrogen-bond acceptors (Lipinski definition) is 6. The van der Waals surface area contributed by atoms with Crippen LogP contribution in [-0.4, -0.2) is 29.0 Å². The summed E-state index contributed by atoms with van der Waals surface area (Å²) in [7, 11) is 0. The molecule has 29 heavy (non-hydrogen) atoms. The lowest BCUT2D eigenvalue weighted by molar-refractivity contribution is -0.126. The summed E-state index contributed by atoms with van der Waals surface area (Å²) >= 11 is 0. The van der Waals surface area contributed by atoms with Crippen molar-refractivity contribution in [3.63, 3.8) is 0 Å². The summed E-state index contributed by atoms with van der Waals surface area (Å²) in [5.41, 5.74) is 2.61. The number of nitrogens with one attached hydrogen (secondary N) is 2. The highest BCUT2D eigenvalue weighted by molar-refractivity contribution is 5.87. The molecular weight excluding hydrogens is 368 g/mol. The lowest BCUT2D eigenvalue weighted by Crippen LogP contribution is -2.34. The molecule has 2 aliphatic rings. The van der Waals surface area contributed by atoms with Crippen LogP contribution in [0.4, 0.5) is 5.82 Å². The number of hydrogen-bond donors (Lipinski definition) is 3. The van der Waals surface area contributed by atoms with Crippen molar-refractivity contribution in [2.24, 2.45) is 27.7 Å². The third kappa shape index (κ3) is 3.88. The number of nitrogens with two attached hydrogens (primary N) is 1. The standard InChI is InChI=1S/C21H26N6O2/c1-13-3-8-16(29-13)11-25-21(28)15-6-4-14(5-7-15)18(23-2)19-17-9-10-24-20(17)26-12-27(19)22/h3,8-10,12,14-15,24H,2,4-7,11,22H2,1H3,(H,25,28)/b19-18-/t14-,15-. The summed E-state index contributed by atoms with van der Waals surface area (Å²) in [6.07, 6.45) is 6.75. The van der Waals surface area contributed by atoms with Crippen LogP contribution in [-0.2, 0) is 11.3 Å². The Hall–Kier alpha value is -3.13. The number of aromatic nitrogens is 1. The normalized spacial score (nSPS) is 22.9. The van der Waals surface area contributed by atoms with E-state index in [2.05, 4.69) is 27.0 Å². The summed E-state index contributed by atoms with van der Waals surface area (Å²) in [4.78, 5) is 24.3. The molecule has 0 radical (unpaired) electrons. The number of hydrazine groups is 1. The summed E-state index contributed by atoms with van der Waals surface area (Å²) in [6, 6.07) is 5.74. The van der Waals surface area contributed by atoms with E-state index < -0.39 is 0 Å². The van der Waals surface area contributed by atoms with E-state index in [1.54, 1.807) is 6.34 Å². The molecule has 0 saturated heterocycles. The average Bonchev–Trinajstić information content (AvgIpc) is 3.37. The van der Waals surface area contributed by atoms with Crippen molar-refractivity contribution in [3.8, 4) is 0 Å². The molecule has 0 atom stereocenters. The summed E-state index contributed by atoms with van der Waals surface area (Å²) in [5.74, 6) is 8.84. The van der Waals surface area contributed by atoms with Crippen LogP contribution in [0.25, 0.3) is 5.70 Å². The molecule has 0 unspecified atom stereocenters. The zero-order valence-electron chi connectivity index (χ0n) is 16.5. The van der Waals surface area contributed by atoms with Crippen LogP contribution in [0.3, 0.4) is 0 Å². The second-order valence-electron chi connectivity index (χ2n) is 7.56. The molecule has 0 aromatic carbocycles. The predicted octanol–water partition coefficient (Wildman–Crippen LogP) is 3.26. The van der Waals surface area contributed by atoms with Gasteiger partial charge in [-0.25, -0.2) is 10.8 Å². The second-order valence-corrected chi connectivity index (χ2v) is 7.56. The number of aryl methyl sites for hydroxylation is 1. The smallest absolute Gasteiger partial charge is 0.223 e. The molecule has 1 amide bonds. The average molecular weight is 394 g/mol. The minimum absolute atomic E-state index is 0.00286. The molecule has 8 nitrogen and oxygen atoms in total. The number of H-pyrrole nitrogens is 1. The molecule has 152 valence electrons. The summed E-state index contributed by atoms with van der Waals surface area (Å²) in [6.45, 7) is 6.10. The molecule has 0 spiro atoms. The summed E-state index contributed by atoms with van der Waals surface area (Å²) in [5, 5.41) is 4.49. The van der Waals surface area contributed by atoms with Gasteiger partial charge in [0, 0.05) is 23.6 Å². The lowest BCUT2D eigenvalue weighted by atomic mass is 9.79. The quantitative estimate of drug-likeness (QED) is 0.534. The molecular formula is C21H26N6O2. The number of carbonyl (C=O) groups is 1. The zero-order chi connectivity index (χ0) is 20.4. The van der Waals surface area contributed by atoms with Gasteiger partial charge in [-0.2, -0.15) is 0 Å². The van der Waals surface area contributed by atoms with Crippen molar-refractivity contribution in [2.45, 2.75) is 39.2 Å². The monoisotopic (exact) mass is 394 g/mol. The number of nitrogens with zero attached hydrogens (tertiary/aromatic N) is 3. The number of carbonyl (C=O) groups excluding carboxylic acids is 1. The van der Waals surface area contributed by atoms with Crippen molar-refractivity contribution in [1.82, 2.24) is 15.3 Å². The molecule has 1 aliphatic heterocycles. The van der Waals surface area contributed by atoms with Crippen LogP contribution < -0.4 is 11.2 Å². The second kappa shape index (κ2) is 8.08. The van der Waals surface area contributed by atoms with Crippen LogP contribution >= 0.6 is 0 Å². The Morgan fingerprint density at radius 2 is 2.10 bits per heavy atom. The number of allylic oxidation sites excluding steroid dienone is 1. The van der Waals surface area contributed by atoms with Gasteiger partial charge in [0.05, 0.1) is 17.9 Å². The highest BCUT2D eigenvalue weighted by atomic mass is 16.3. The van der Waals surface area contributed by atoms with Gasteiger partial charge >= 0.3 is 0 Å². The minimum Gasteiger partial charge on any atom is -0.465 e. The Morgan fingerprint density at radius 3 is 2.79 bits per heavy atom. The highest BCUT2D eigenvalue weighted by Crippen LogP contribution is 2.40. The minimum atomic E-state index is 0.00286. The highest BCUT2D eigenvalue weighted by Gasteiger charge is 2.31. The van der Waals surface area contributed by atoms with E-state index in [9.17, 15) is 4.79 Å². The van der Waals surface area contributed by atoms with Crippen molar-refractivity contribution >= 4 is 30.5 Å². The molecule has 3 heterocycles. The third-order valence-corrected chi connectivity index (χ3v) is 5.68. The van der Waals surface area contributed by atoms with E-state index in [4.69, 9.17) is 10.3 Å². The topological polar surface area (TPSA) is 112 Å². The van der Waals surface area contributed by atoms with Crippen molar-refractivity contribution in [1.29, 1.82) is 0 Å². The molecule has 0 bridgehead atoms. The fourth-order valence-electron chi connectivity index (χ4n) is 4.17. The van der Waals surface area contributed by atoms with Crippen LogP contribution in [0.5, 0.6) is 0 Å². The number of furan rings is 1. The van der Waals surface area contributed by atoms with Gasteiger partial charge in [-0.3, -0.25) is 14.8 Å². The number of amides is 1. The van der Waals surface area contributed by atoms with Gasteiger partial charge in [0.25, 0.3) is 0 Å². The Morgan fingerprint density at radius 1 is 1.34 bits per heavy atom. The maximum Gasteiger partial charge on any atom is 0.223 e. The Bertz CT molecular complexity index is 961. The first-order valence-electron chi connectivity index (χ1n) is 9.86. The lowest BCUT2D eigenvalue weighted by Gasteiger charge is -2.31. The molecule has 8 heteroatoms. The first-order chi connectivity index (χ1) is 14.1. The third-order valence-electron chi connectivity index (χ3n) is 5.68. The number of rotatable bonds is 5. The van der Waals surface area contributed by atoms with E-state index in [0.29, 0.717) is 6.54 Å². The number of fused-ring (bicyclic) bond motifs is 1. The van der Waals surface area contributed by atoms with Gasteiger partial charge in [-0.05, 0) is 57.5 Å². The van der Waals surface area contributed by atoms with Crippen molar-refractivity contribution in [2.75, 3.05) is 0 Å². The van der Waals surface area contributed by atoms with E-state index in [1.165, 1.54) is 5.01 Å². The fraction of sp³-hybridized carbons (Fsp3) is 0.381. The molecule has 1 saturated carbocycles. The van der Waals surface area contributed by atoms with Crippen LogP contribution in [0.15, 0.2) is 44.5 Å². The van der Waals surface area contributed by atoms with Crippen LogP contribution in [0, 0.1) is 18.8 Å². The van der Waals surface area contributed by atoms with Crippen molar-refractivity contribution in [3.05, 3.63) is 47.2 Å². The molecule has 4 N–H and O–H groups in total. The fourth-order valence-corrected chi connectivity index (χ4v) is 4.17. The molecule has 2 aromatic rings. The first-order valence-corrected chi connectivity index (χ1v) is 9.86. The van der Waals surface area contributed by atoms with Crippen LogP contribution in [0.1, 0.15) is 42.8 Å². The van der Waals surface area contributed by atoms with Gasteiger partial charge in [0.2, 0.25) is 5.91 Å². The maximum atomic E-state index is 12.6. The van der Waals surface area contributed by atoms with E-state index in [-0.39, 0.29) is 17.7 Å². The maximum absolute atomic E-state index is 12.6. The molecule has 1 aliphatic carbocycles. The van der Waals surface area contributed by atoms with Crippen LogP contribution in [0.2, 0.25) is 0 Å². The van der Waals surface area contributed by atoms with Gasteiger partial charge in [0.1, 0.15) is 23.7 Å². The SMILES string of the molecule is C=N/C(=C1/c2cc[nH]c2N=CN1N)[C@H]1CC[C@H](C(=O)NCc2ccc(C)o2)CC1. The predicted molar refractivity (Wildman–Crippen MR) is 112 cm³/mol. The Labute approximate surface area is 169 Å². The van der Waals surface area contributed by atoms with Gasteiger partial charge < -0.3 is 14.7 Å². The Balaban J connectivity index is 1.41. The van der Waals surface area contributed by atoms with Gasteiger partial charge in [-0.15, -0.1) is 0 Å². The summed E-state index contributed by atoms with van der Waals surface area (Å²) < 4.78 is 5.51. The van der Waals surface area contributed by atoms with E-state index in [0.717, 1.165) is 60.0 Å². The Kier molecular flexibility index (Phi) is 5.35. The molecule has 1 fully saturated rings. The van der Waals surface area contributed by atoms with Gasteiger partial charge in [0.15, 0.2) is 0 Å². The largest absolute Gasteiger partial charge is 0.465 e. The zero-order valence-corrected chi connectivity index (χ0v) is 16.5.